The van der Waals surface area contributed by atoms with Crippen molar-refractivity contribution in [2.24, 2.45) is 5.92 Å². The second-order valence-electron chi connectivity index (χ2n) is 10.8. The van der Waals surface area contributed by atoms with Crippen LogP contribution >= 0.6 is 0 Å². The van der Waals surface area contributed by atoms with Crippen LogP contribution < -0.4 is 18.9 Å². The van der Waals surface area contributed by atoms with Crippen LogP contribution in [0.2, 0.25) is 0 Å². The molecule has 4 nitrogen and oxygen atoms in total. The molecule has 7 rings (SSSR count). The van der Waals surface area contributed by atoms with Crippen molar-refractivity contribution in [1.29, 1.82) is 0 Å². The lowest BCUT2D eigenvalue weighted by molar-refractivity contribution is 0.212. The number of benzene rings is 5. The number of rotatable bonds is 9. The zero-order valence-corrected chi connectivity index (χ0v) is 22.9. The second kappa shape index (κ2) is 11.4. The van der Waals surface area contributed by atoms with Crippen LogP contribution in [-0.2, 0) is 26.2 Å². The number of fused-ring (bicyclic) bond motifs is 5. The van der Waals surface area contributed by atoms with E-state index in [0.717, 1.165) is 46.1 Å². The molecule has 0 N–H and O–H groups in total. The van der Waals surface area contributed by atoms with Crippen molar-refractivity contribution >= 4 is 0 Å². The van der Waals surface area contributed by atoms with Crippen LogP contribution in [0.3, 0.4) is 0 Å². The maximum Gasteiger partial charge on any atom is 0.162 e. The first-order valence-electron chi connectivity index (χ1n) is 14.2. The van der Waals surface area contributed by atoms with Gasteiger partial charge in [-0.25, -0.2) is 0 Å². The lowest BCUT2D eigenvalue weighted by Gasteiger charge is -2.29. The van der Waals surface area contributed by atoms with Gasteiger partial charge in [0.1, 0.15) is 31.3 Å². The molecule has 2 atom stereocenters. The molecule has 5 aromatic rings. The van der Waals surface area contributed by atoms with Gasteiger partial charge in [-0.2, -0.15) is 0 Å². The zero-order valence-electron chi connectivity index (χ0n) is 22.9. The van der Waals surface area contributed by atoms with Crippen LogP contribution in [0.25, 0.3) is 0 Å². The molecule has 1 aliphatic heterocycles. The summed E-state index contributed by atoms with van der Waals surface area (Å²) in [6.07, 6.45) is 0.951. The third-order valence-corrected chi connectivity index (χ3v) is 7.99. The summed E-state index contributed by atoms with van der Waals surface area (Å²) in [5, 5.41) is 0. The Morgan fingerprint density at radius 2 is 1.12 bits per heavy atom. The summed E-state index contributed by atoms with van der Waals surface area (Å²) < 4.78 is 25.2. The van der Waals surface area contributed by atoms with Gasteiger partial charge in [-0.1, -0.05) is 97.1 Å². The van der Waals surface area contributed by atoms with Gasteiger partial charge in [0.2, 0.25) is 0 Å². The Bertz CT molecular complexity index is 1620. The Kier molecular flexibility index (Phi) is 7.04. The van der Waals surface area contributed by atoms with E-state index in [0.29, 0.717) is 32.3 Å². The van der Waals surface area contributed by atoms with Gasteiger partial charge in [0, 0.05) is 23.5 Å². The molecule has 1 aliphatic carbocycles. The molecule has 0 unspecified atom stereocenters. The normalized spacial score (nSPS) is 16.6. The fourth-order valence-electron chi connectivity index (χ4n) is 5.94. The van der Waals surface area contributed by atoms with E-state index >= 15 is 0 Å². The Labute approximate surface area is 241 Å². The van der Waals surface area contributed by atoms with E-state index in [1.165, 1.54) is 16.7 Å². The predicted molar refractivity (Wildman–Crippen MR) is 160 cm³/mol. The van der Waals surface area contributed by atoms with Crippen molar-refractivity contribution in [3.63, 3.8) is 0 Å². The third kappa shape index (κ3) is 5.51. The predicted octanol–water partition coefficient (Wildman–Crippen LogP) is 8.12. The van der Waals surface area contributed by atoms with Crippen LogP contribution in [0.4, 0.5) is 0 Å². The van der Waals surface area contributed by atoms with Crippen molar-refractivity contribution < 1.29 is 18.9 Å². The van der Waals surface area contributed by atoms with Gasteiger partial charge < -0.3 is 18.9 Å². The van der Waals surface area contributed by atoms with Gasteiger partial charge in [-0.15, -0.1) is 0 Å². The molecule has 1 heterocycles. The SMILES string of the molecule is c1ccc(COc2ccc3c(c2)OC[C@@H]2Cc4cc(OCc5ccccc5)c(OCc5ccccc5)cc4[C@H]32)cc1. The monoisotopic (exact) mass is 540 g/mol. The zero-order chi connectivity index (χ0) is 27.4. The first-order valence-corrected chi connectivity index (χ1v) is 14.2. The highest BCUT2D eigenvalue weighted by Gasteiger charge is 2.40. The molecule has 204 valence electrons. The van der Waals surface area contributed by atoms with E-state index in [2.05, 4.69) is 60.7 Å². The molecule has 0 fully saturated rings. The summed E-state index contributed by atoms with van der Waals surface area (Å²) in [4.78, 5) is 0. The quantitative estimate of drug-likeness (QED) is 0.189. The van der Waals surface area contributed by atoms with Gasteiger partial charge in [-0.05, 0) is 52.4 Å². The summed E-state index contributed by atoms with van der Waals surface area (Å²) in [5.41, 5.74) is 7.20. The summed E-state index contributed by atoms with van der Waals surface area (Å²) in [6.45, 7) is 2.18. The molecule has 0 saturated heterocycles. The second-order valence-corrected chi connectivity index (χ2v) is 10.8. The summed E-state index contributed by atoms with van der Waals surface area (Å²) in [5.74, 6) is 3.91. The third-order valence-electron chi connectivity index (χ3n) is 7.99. The number of hydrogen-bond donors (Lipinski definition) is 0. The molecule has 2 aliphatic rings. The minimum atomic E-state index is 0.249. The highest BCUT2D eigenvalue weighted by molar-refractivity contribution is 5.57. The average Bonchev–Trinajstić information content (AvgIpc) is 3.40. The summed E-state index contributed by atoms with van der Waals surface area (Å²) in [7, 11) is 0. The van der Waals surface area contributed by atoms with Crippen molar-refractivity contribution in [2.75, 3.05) is 6.61 Å². The Morgan fingerprint density at radius 1 is 0.561 bits per heavy atom. The van der Waals surface area contributed by atoms with Crippen molar-refractivity contribution in [3.05, 3.63) is 155 Å². The molecule has 0 spiro atoms. The molecule has 5 aromatic carbocycles. The molecule has 4 heteroatoms. The van der Waals surface area contributed by atoms with Crippen LogP contribution in [0.5, 0.6) is 23.0 Å². The highest BCUT2D eigenvalue weighted by atomic mass is 16.5. The van der Waals surface area contributed by atoms with Gasteiger partial charge in [-0.3, -0.25) is 0 Å². The standard InChI is InChI=1S/C37H32O4/c1-4-10-26(11-5-1)22-38-31-16-17-32-34(20-31)41-25-30-18-29-19-35(39-23-27-12-6-2-7-13-27)36(21-33(29)37(30)32)40-24-28-14-8-3-9-15-28/h1-17,19-21,30,37H,18,22-25H2/t30-,37-/m0/s1. The van der Waals surface area contributed by atoms with E-state index in [9.17, 15) is 0 Å². The van der Waals surface area contributed by atoms with Crippen LogP contribution in [-0.4, -0.2) is 6.61 Å². The van der Waals surface area contributed by atoms with Crippen LogP contribution in [0.1, 0.15) is 39.3 Å². The van der Waals surface area contributed by atoms with Gasteiger partial charge in [0.15, 0.2) is 11.5 Å². The molecule has 41 heavy (non-hydrogen) atoms. The molecule has 0 bridgehead atoms. The number of ether oxygens (including phenoxy) is 4. The van der Waals surface area contributed by atoms with E-state index in [1.54, 1.807) is 0 Å². The Morgan fingerprint density at radius 3 is 1.73 bits per heavy atom. The van der Waals surface area contributed by atoms with E-state index in [1.807, 2.05) is 60.7 Å². The largest absolute Gasteiger partial charge is 0.493 e. The van der Waals surface area contributed by atoms with E-state index < -0.39 is 0 Å². The Balaban J connectivity index is 1.17. The fourth-order valence-corrected chi connectivity index (χ4v) is 5.94. The highest BCUT2D eigenvalue weighted by Crippen LogP contribution is 2.51. The smallest absolute Gasteiger partial charge is 0.162 e. The molecule has 0 saturated carbocycles. The summed E-state index contributed by atoms with van der Waals surface area (Å²) in [6, 6.07) is 41.4. The van der Waals surface area contributed by atoms with Crippen molar-refractivity contribution in [3.8, 4) is 23.0 Å². The first kappa shape index (κ1) is 25.3. The fraction of sp³-hybridized carbons (Fsp3) is 0.189. The Hall–Kier alpha value is -4.70. The first-order chi connectivity index (χ1) is 20.3. The van der Waals surface area contributed by atoms with E-state index in [-0.39, 0.29) is 5.92 Å². The van der Waals surface area contributed by atoms with Gasteiger partial charge >= 0.3 is 0 Å². The van der Waals surface area contributed by atoms with Crippen molar-refractivity contribution in [1.82, 2.24) is 0 Å². The molecule has 0 radical (unpaired) electrons. The van der Waals surface area contributed by atoms with Gasteiger partial charge in [0.25, 0.3) is 0 Å². The molecule has 0 amide bonds. The van der Waals surface area contributed by atoms with Crippen LogP contribution in [0, 0.1) is 5.92 Å². The lowest BCUT2D eigenvalue weighted by Crippen LogP contribution is -2.23. The number of hydrogen-bond acceptors (Lipinski definition) is 4. The molecule has 0 aromatic heterocycles. The van der Waals surface area contributed by atoms with Gasteiger partial charge in [0.05, 0.1) is 6.61 Å². The van der Waals surface area contributed by atoms with Crippen molar-refractivity contribution in [2.45, 2.75) is 32.2 Å². The minimum Gasteiger partial charge on any atom is -0.493 e. The maximum absolute atomic E-state index is 6.42. The molecular formula is C37H32O4. The molecular weight excluding hydrogens is 508 g/mol. The average molecular weight is 541 g/mol. The summed E-state index contributed by atoms with van der Waals surface area (Å²) >= 11 is 0. The van der Waals surface area contributed by atoms with E-state index in [4.69, 9.17) is 18.9 Å². The van der Waals surface area contributed by atoms with Crippen LogP contribution in [0.15, 0.2) is 121 Å². The topological polar surface area (TPSA) is 36.9 Å². The lowest BCUT2D eigenvalue weighted by atomic mass is 9.84. The maximum atomic E-state index is 6.42. The minimum absolute atomic E-state index is 0.249.